The quantitative estimate of drug-likeness (QED) is 0.587. The van der Waals surface area contributed by atoms with Crippen molar-refractivity contribution in [2.45, 2.75) is 0 Å². The number of hydrogen-bond donors (Lipinski definition) is 2. The third-order valence-electron chi connectivity index (χ3n) is 0.723. The summed E-state index contributed by atoms with van der Waals surface area (Å²) in [5.74, 6) is 0. The Morgan fingerprint density at radius 3 is 1.71 bits per heavy atom. The molecule has 0 fully saturated rings. The van der Waals surface area contributed by atoms with E-state index in [2.05, 4.69) is 0 Å². The van der Waals surface area contributed by atoms with Gasteiger partial charge in [-0.05, 0) is 0 Å². The molecule has 0 atom stereocenters. The van der Waals surface area contributed by atoms with E-state index in [9.17, 15) is 0 Å². The van der Waals surface area contributed by atoms with Gasteiger partial charge in [-0.25, -0.2) is 0 Å². The summed E-state index contributed by atoms with van der Waals surface area (Å²) in [4.78, 5) is 0. The zero-order chi connectivity index (χ0) is 5.28. The molecule has 0 amide bonds. The van der Waals surface area contributed by atoms with Gasteiger partial charge < -0.3 is 0 Å². The van der Waals surface area contributed by atoms with E-state index < -0.39 is 0 Å². The van der Waals surface area contributed by atoms with E-state index in [0.717, 1.165) is 11.4 Å². The van der Waals surface area contributed by atoms with Crippen LogP contribution in [0.25, 0.3) is 0 Å². The Bertz CT molecular complexity index is 142. The number of rotatable bonds is 0. The first kappa shape index (κ1) is 5.02. The minimum atomic E-state index is -0.0601. The van der Waals surface area contributed by atoms with E-state index in [1.807, 2.05) is 8.16 Å². The van der Waals surface area contributed by atoms with E-state index >= 15 is 0 Å². The molecule has 1 aromatic rings. The summed E-state index contributed by atoms with van der Waals surface area (Å²) < 4.78 is 4.06. The summed E-state index contributed by atoms with van der Waals surface area (Å²) in [5, 5.41) is 0. The van der Waals surface area contributed by atoms with Gasteiger partial charge in [0.25, 0.3) is 0 Å². The molecule has 1 rings (SSSR count). The molecule has 1 aromatic heterocycles. The molecular weight excluding hydrogens is 204 g/mol. The van der Waals surface area contributed by atoms with Crippen molar-refractivity contribution in [2.75, 3.05) is 11.5 Å². The predicted octanol–water partition coefficient (Wildman–Crippen LogP) is -0.0920. The van der Waals surface area contributed by atoms with Crippen molar-refractivity contribution in [3.8, 4) is 0 Å². The molecule has 0 bridgehead atoms. The summed E-state index contributed by atoms with van der Waals surface area (Å²) in [7, 11) is 0. The van der Waals surface area contributed by atoms with Crippen molar-refractivity contribution in [3.63, 3.8) is 0 Å². The van der Waals surface area contributed by atoms with E-state index in [-0.39, 0.29) is 20.4 Å². The van der Waals surface area contributed by atoms with Gasteiger partial charge in [-0.15, -0.1) is 0 Å². The zero-order valence-electron chi connectivity index (χ0n) is 3.72. The molecule has 2 nitrogen and oxygen atoms in total. The summed E-state index contributed by atoms with van der Waals surface area (Å²) in [6.07, 6.45) is 0. The van der Waals surface area contributed by atoms with Gasteiger partial charge in [0.05, 0.1) is 0 Å². The maximum atomic E-state index is 5.38. The van der Waals surface area contributed by atoms with Gasteiger partial charge in [-0.1, -0.05) is 0 Å². The predicted molar refractivity (Wildman–Crippen MR) is 32.2 cm³/mol. The van der Waals surface area contributed by atoms with Crippen LogP contribution in [0.1, 0.15) is 0 Å². The number of nitrogen functional groups attached to an aromatic ring is 2. The fourth-order valence-corrected chi connectivity index (χ4v) is 2.12. The molecule has 4 N–H and O–H groups in total. The molecule has 0 saturated carbocycles. The molecule has 3 heteroatoms. The third kappa shape index (κ3) is 0.902. The van der Waals surface area contributed by atoms with Crippen molar-refractivity contribution in [2.24, 2.45) is 0 Å². The van der Waals surface area contributed by atoms with Gasteiger partial charge in [0.2, 0.25) is 0 Å². The molecule has 0 radical (unpaired) electrons. The van der Waals surface area contributed by atoms with Crippen LogP contribution in [0.2, 0.25) is 0 Å². The van der Waals surface area contributed by atoms with Gasteiger partial charge in [0, 0.05) is 0 Å². The van der Waals surface area contributed by atoms with Crippen molar-refractivity contribution in [3.05, 3.63) is 8.16 Å². The Morgan fingerprint density at radius 2 is 1.57 bits per heavy atom. The topological polar surface area (TPSA) is 52.0 Å². The molecule has 0 aliphatic rings. The maximum absolute atomic E-state index is 5.38. The Hall–Kier alpha value is -0.130. The molecule has 38 valence electrons. The monoisotopic (exact) mass is 212 g/mol. The molecule has 0 aliphatic carbocycles. The number of nitrogens with two attached hydrogens (primary N) is 2. The van der Waals surface area contributed by atoms with Crippen LogP contribution in [0.15, 0.2) is 8.16 Å². The number of hydrogen-bond acceptors (Lipinski definition) is 2. The Morgan fingerprint density at radius 1 is 1.14 bits per heavy atom. The van der Waals surface area contributed by atoms with Crippen LogP contribution in [0.3, 0.4) is 0 Å². The van der Waals surface area contributed by atoms with Crippen LogP contribution < -0.4 is 11.5 Å². The Balaban J connectivity index is 3.12. The van der Waals surface area contributed by atoms with E-state index in [1.54, 1.807) is 0 Å². The SMILES string of the molecule is Nc1c[te]cc1N. The Kier molecular flexibility index (Phi) is 1.27. The van der Waals surface area contributed by atoms with Crippen molar-refractivity contribution >= 4 is 31.8 Å². The van der Waals surface area contributed by atoms with E-state index in [4.69, 9.17) is 11.5 Å². The molecule has 0 spiro atoms. The fourth-order valence-electron chi connectivity index (χ4n) is 0.317. The standard InChI is InChI=1S/C4H6N2Te/c5-3-1-7-2-4(3)6/h1-2H,5-6H2. The fraction of sp³-hybridized carbons (Fsp3) is 0. The van der Waals surface area contributed by atoms with E-state index in [1.165, 1.54) is 0 Å². The van der Waals surface area contributed by atoms with Gasteiger partial charge in [0.1, 0.15) is 0 Å². The van der Waals surface area contributed by atoms with Crippen molar-refractivity contribution < 1.29 is 0 Å². The van der Waals surface area contributed by atoms with Crippen LogP contribution in [0.4, 0.5) is 11.4 Å². The first-order valence-electron chi connectivity index (χ1n) is 1.88. The number of anilines is 2. The van der Waals surface area contributed by atoms with Gasteiger partial charge in [0.15, 0.2) is 0 Å². The second kappa shape index (κ2) is 1.77. The summed E-state index contributed by atoms with van der Waals surface area (Å²) in [6, 6.07) is 0. The first-order chi connectivity index (χ1) is 3.30. The summed E-state index contributed by atoms with van der Waals surface area (Å²) in [5.41, 5.74) is 12.3. The Labute approximate surface area is 51.7 Å². The van der Waals surface area contributed by atoms with Gasteiger partial charge in [-0.3, -0.25) is 0 Å². The minimum absolute atomic E-state index is 0.0601. The summed E-state index contributed by atoms with van der Waals surface area (Å²) in [6.45, 7) is 0. The van der Waals surface area contributed by atoms with Crippen molar-refractivity contribution in [1.82, 2.24) is 0 Å². The molecule has 1 heterocycles. The second-order valence-corrected chi connectivity index (χ2v) is 3.40. The second-order valence-electron chi connectivity index (χ2n) is 1.28. The van der Waals surface area contributed by atoms with Gasteiger partial charge >= 0.3 is 51.4 Å². The van der Waals surface area contributed by atoms with Crippen LogP contribution in [0.5, 0.6) is 0 Å². The van der Waals surface area contributed by atoms with Crippen LogP contribution in [-0.4, -0.2) is 20.4 Å². The van der Waals surface area contributed by atoms with Gasteiger partial charge in [-0.2, -0.15) is 0 Å². The molecule has 0 unspecified atom stereocenters. The normalized spacial score (nSPS) is 9.14. The average molecular weight is 210 g/mol. The van der Waals surface area contributed by atoms with E-state index in [0.29, 0.717) is 0 Å². The third-order valence-corrected chi connectivity index (χ3v) is 2.95. The zero-order valence-corrected chi connectivity index (χ0v) is 6.05. The molecule has 7 heavy (non-hydrogen) atoms. The first-order valence-corrected chi connectivity index (χ1v) is 4.57. The van der Waals surface area contributed by atoms with Crippen LogP contribution in [0, 0.1) is 0 Å². The average Bonchev–Trinajstić information content (AvgIpc) is 1.91. The molecular formula is C4H6N2Te. The molecule has 0 aliphatic heterocycles. The molecule has 0 saturated heterocycles. The summed E-state index contributed by atoms with van der Waals surface area (Å²) >= 11 is -0.0601. The van der Waals surface area contributed by atoms with Crippen LogP contribution in [-0.2, 0) is 0 Å². The van der Waals surface area contributed by atoms with Crippen molar-refractivity contribution in [1.29, 1.82) is 0 Å². The van der Waals surface area contributed by atoms with Crippen LogP contribution >= 0.6 is 0 Å². The molecule has 0 aromatic carbocycles.